The topological polar surface area (TPSA) is 54.4 Å². The number of nitrogens with zero attached hydrogens (tertiary/aromatic N) is 2. The SMILES string of the molecule is CC(C)(C)c1ccc(C(=O)NC2CCC(=Nc3cc(C(F)(F)F)nc4ccccc34)CC2)cc1. The smallest absolute Gasteiger partial charge is 0.349 e. The number of rotatable bonds is 3. The lowest BCUT2D eigenvalue weighted by molar-refractivity contribution is -0.140. The number of amides is 1. The summed E-state index contributed by atoms with van der Waals surface area (Å²) in [6.07, 6.45) is -1.91. The molecular formula is C27H28F3N3O. The quantitative estimate of drug-likeness (QED) is 0.451. The molecule has 0 spiro atoms. The van der Waals surface area contributed by atoms with Gasteiger partial charge in [-0.2, -0.15) is 13.2 Å². The molecule has 3 aromatic rings. The Morgan fingerprint density at radius 1 is 1.00 bits per heavy atom. The van der Waals surface area contributed by atoms with Crippen LogP contribution < -0.4 is 5.32 Å². The highest BCUT2D eigenvalue weighted by atomic mass is 19.4. The van der Waals surface area contributed by atoms with Crippen LogP contribution in [0.3, 0.4) is 0 Å². The molecule has 1 aromatic heterocycles. The van der Waals surface area contributed by atoms with Crippen molar-refractivity contribution in [3.05, 3.63) is 71.4 Å². The van der Waals surface area contributed by atoms with Crippen molar-refractivity contribution in [1.82, 2.24) is 10.3 Å². The van der Waals surface area contributed by atoms with E-state index in [-0.39, 0.29) is 28.6 Å². The molecule has 1 fully saturated rings. The zero-order chi connectivity index (χ0) is 24.5. The molecule has 0 aliphatic heterocycles. The number of aliphatic imine (C=N–C) groups is 1. The zero-order valence-corrected chi connectivity index (χ0v) is 19.5. The van der Waals surface area contributed by atoms with E-state index in [1.165, 1.54) is 5.56 Å². The molecule has 0 radical (unpaired) electrons. The Hall–Kier alpha value is -3.22. The Bertz CT molecular complexity index is 1210. The zero-order valence-electron chi connectivity index (χ0n) is 19.5. The third-order valence-corrected chi connectivity index (χ3v) is 6.17. The van der Waals surface area contributed by atoms with E-state index in [1.807, 2.05) is 24.3 Å². The molecule has 1 N–H and O–H groups in total. The molecule has 0 saturated heterocycles. The first-order valence-corrected chi connectivity index (χ1v) is 11.5. The molecule has 34 heavy (non-hydrogen) atoms. The molecule has 4 rings (SSSR count). The third kappa shape index (κ3) is 5.46. The largest absolute Gasteiger partial charge is 0.433 e. The molecule has 2 aromatic carbocycles. The lowest BCUT2D eigenvalue weighted by Gasteiger charge is -2.25. The summed E-state index contributed by atoms with van der Waals surface area (Å²) in [5, 5.41) is 3.68. The fourth-order valence-electron chi connectivity index (χ4n) is 4.16. The fraction of sp³-hybridized carbons (Fsp3) is 0.370. The first-order chi connectivity index (χ1) is 16.0. The number of para-hydroxylation sites is 1. The van der Waals surface area contributed by atoms with Crippen LogP contribution >= 0.6 is 0 Å². The number of hydrogen-bond donors (Lipinski definition) is 1. The van der Waals surface area contributed by atoms with E-state index in [9.17, 15) is 18.0 Å². The van der Waals surface area contributed by atoms with E-state index >= 15 is 0 Å². The van der Waals surface area contributed by atoms with Gasteiger partial charge >= 0.3 is 6.18 Å². The number of fused-ring (bicyclic) bond motifs is 1. The second-order valence-corrected chi connectivity index (χ2v) is 9.79. The minimum Gasteiger partial charge on any atom is -0.349 e. The van der Waals surface area contributed by atoms with E-state index in [0.717, 1.165) is 11.8 Å². The monoisotopic (exact) mass is 467 g/mol. The van der Waals surface area contributed by atoms with Gasteiger partial charge in [0.05, 0.1) is 11.2 Å². The fourth-order valence-corrected chi connectivity index (χ4v) is 4.16. The molecular weight excluding hydrogens is 439 g/mol. The number of aromatic nitrogens is 1. The standard InChI is InChI=1S/C27H28F3N3O/c1-26(2,3)18-10-8-17(9-11-18)25(34)32-20-14-12-19(13-15-20)31-23-16-24(27(28,29)30)33-22-7-5-4-6-21(22)23/h4-11,16,20H,12-15H2,1-3H3,(H,32,34). The van der Waals surface area contributed by atoms with Gasteiger partial charge in [-0.3, -0.25) is 9.79 Å². The maximum absolute atomic E-state index is 13.3. The van der Waals surface area contributed by atoms with E-state index in [0.29, 0.717) is 36.6 Å². The van der Waals surface area contributed by atoms with Crippen molar-refractivity contribution < 1.29 is 18.0 Å². The molecule has 4 nitrogen and oxygen atoms in total. The maximum atomic E-state index is 13.3. The van der Waals surface area contributed by atoms with Gasteiger partial charge in [-0.25, -0.2) is 4.98 Å². The highest BCUT2D eigenvalue weighted by Gasteiger charge is 2.33. The average molecular weight is 468 g/mol. The summed E-state index contributed by atoms with van der Waals surface area (Å²) in [7, 11) is 0. The first-order valence-electron chi connectivity index (χ1n) is 11.5. The predicted molar refractivity (Wildman–Crippen MR) is 129 cm³/mol. The number of halogens is 3. The molecule has 0 atom stereocenters. The van der Waals surface area contributed by atoms with Crippen LogP contribution in [0.1, 0.15) is 68.1 Å². The molecule has 0 unspecified atom stereocenters. The van der Waals surface area contributed by atoms with E-state index in [2.05, 4.69) is 36.1 Å². The van der Waals surface area contributed by atoms with Crippen LogP contribution in [0.5, 0.6) is 0 Å². The second-order valence-electron chi connectivity index (χ2n) is 9.79. The Kier molecular flexibility index (Phi) is 6.47. The van der Waals surface area contributed by atoms with E-state index in [4.69, 9.17) is 0 Å². The average Bonchev–Trinajstić information content (AvgIpc) is 2.79. The second kappa shape index (κ2) is 9.20. The summed E-state index contributed by atoms with van der Waals surface area (Å²) in [5.74, 6) is -0.110. The van der Waals surface area contributed by atoms with Crippen molar-refractivity contribution in [3.63, 3.8) is 0 Å². The summed E-state index contributed by atoms with van der Waals surface area (Å²) >= 11 is 0. The number of benzene rings is 2. The van der Waals surface area contributed by atoms with Gasteiger partial charge in [-0.15, -0.1) is 0 Å². The molecule has 1 amide bonds. The predicted octanol–water partition coefficient (Wildman–Crippen LogP) is 7.00. The van der Waals surface area contributed by atoms with Gasteiger partial charge in [0, 0.05) is 22.7 Å². The van der Waals surface area contributed by atoms with Crippen LogP contribution in [-0.2, 0) is 11.6 Å². The van der Waals surface area contributed by atoms with Gasteiger partial charge in [0.15, 0.2) is 0 Å². The molecule has 1 saturated carbocycles. The number of hydrogen-bond acceptors (Lipinski definition) is 3. The first kappa shape index (κ1) is 23.9. The van der Waals surface area contributed by atoms with Crippen LogP contribution in [0.4, 0.5) is 18.9 Å². The number of carbonyl (C=O) groups excluding carboxylic acids is 1. The third-order valence-electron chi connectivity index (χ3n) is 6.17. The summed E-state index contributed by atoms with van der Waals surface area (Å²) in [4.78, 5) is 21.0. The van der Waals surface area contributed by atoms with Crippen molar-refractivity contribution in [2.75, 3.05) is 0 Å². The van der Waals surface area contributed by atoms with Crippen molar-refractivity contribution in [1.29, 1.82) is 0 Å². The lowest BCUT2D eigenvalue weighted by atomic mass is 9.86. The highest BCUT2D eigenvalue weighted by molar-refractivity contribution is 5.96. The Morgan fingerprint density at radius 2 is 1.65 bits per heavy atom. The van der Waals surface area contributed by atoms with Crippen LogP contribution in [-0.4, -0.2) is 22.6 Å². The maximum Gasteiger partial charge on any atom is 0.433 e. The molecule has 1 aliphatic carbocycles. The summed E-state index contributed by atoms with van der Waals surface area (Å²) in [6, 6.07) is 15.4. The Balaban J connectivity index is 1.44. The number of pyridine rings is 1. The normalized spacial score (nSPS) is 17.0. The van der Waals surface area contributed by atoms with Crippen molar-refractivity contribution in [2.45, 2.75) is 64.1 Å². The van der Waals surface area contributed by atoms with Crippen LogP contribution in [0.15, 0.2) is 59.6 Å². The van der Waals surface area contributed by atoms with Gasteiger partial charge in [0.2, 0.25) is 0 Å². The summed E-state index contributed by atoms with van der Waals surface area (Å²) in [6.45, 7) is 6.38. The summed E-state index contributed by atoms with van der Waals surface area (Å²) in [5.41, 5.74) is 2.27. The lowest BCUT2D eigenvalue weighted by Crippen LogP contribution is -2.37. The number of nitrogens with one attached hydrogen (secondary N) is 1. The van der Waals surface area contributed by atoms with Crippen LogP contribution in [0.25, 0.3) is 10.9 Å². The Morgan fingerprint density at radius 3 is 2.26 bits per heavy atom. The van der Waals surface area contributed by atoms with Crippen molar-refractivity contribution >= 4 is 28.2 Å². The van der Waals surface area contributed by atoms with Crippen molar-refractivity contribution in [3.8, 4) is 0 Å². The minimum absolute atomic E-state index is 0.00802. The van der Waals surface area contributed by atoms with Gasteiger partial charge in [-0.05, 0) is 60.9 Å². The number of carbonyl (C=O) groups is 1. The van der Waals surface area contributed by atoms with Gasteiger partial charge < -0.3 is 5.32 Å². The summed E-state index contributed by atoms with van der Waals surface area (Å²) < 4.78 is 39.9. The van der Waals surface area contributed by atoms with Crippen molar-refractivity contribution in [2.24, 2.45) is 4.99 Å². The van der Waals surface area contributed by atoms with Gasteiger partial charge in [0.25, 0.3) is 5.91 Å². The molecule has 178 valence electrons. The van der Waals surface area contributed by atoms with Crippen LogP contribution in [0.2, 0.25) is 0 Å². The Labute approximate surface area is 197 Å². The molecule has 1 aliphatic rings. The molecule has 1 heterocycles. The van der Waals surface area contributed by atoms with Crippen LogP contribution in [0, 0.1) is 0 Å². The van der Waals surface area contributed by atoms with E-state index in [1.54, 1.807) is 24.3 Å². The molecule has 0 bridgehead atoms. The molecule has 7 heteroatoms. The van der Waals surface area contributed by atoms with E-state index < -0.39 is 11.9 Å². The minimum atomic E-state index is -4.54. The van der Waals surface area contributed by atoms with Gasteiger partial charge in [-0.1, -0.05) is 51.1 Å². The van der Waals surface area contributed by atoms with Gasteiger partial charge in [0.1, 0.15) is 5.69 Å². The highest BCUT2D eigenvalue weighted by Crippen LogP contribution is 2.35. The number of alkyl halides is 3.